The average Bonchev–Trinajstić information content (AvgIpc) is 3.05. The SMILES string of the molecule is Cc1nc(NC[C@H](NC(=O)OCCCc2ccncc2)C(=O)CC(C)(C)C)c(C)c(N2CCC(c3ccc4c(n3)NCCC4)CC2)n1. The maximum Gasteiger partial charge on any atom is 0.407 e. The van der Waals surface area contributed by atoms with Gasteiger partial charge in [0, 0.05) is 62.2 Å². The van der Waals surface area contributed by atoms with Crippen LogP contribution in [-0.2, 0) is 22.4 Å². The molecule has 0 spiro atoms. The number of hydrogen-bond donors (Lipinski definition) is 3. The average molecular weight is 643 g/mol. The molecular formula is C36H50N8O3. The number of alkyl carbamates (subject to hydrolysis) is 1. The summed E-state index contributed by atoms with van der Waals surface area (Å²) in [5, 5.41) is 9.64. The molecule has 1 amide bonds. The van der Waals surface area contributed by atoms with Crippen LogP contribution in [0.1, 0.15) is 87.0 Å². The van der Waals surface area contributed by atoms with E-state index < -0.39 is 12.1 Å². The minimum Gasteiger partial charge on any atom is -0.450 e. The van der Waals surface area contributed by atoms with Gasteiger partial charge in [-0.1, -0.05) is 26.8 Å². The van der Waals surface area contributed by atoms with Crippen LogP contribution >= 0.6 is 0 Å². The summed E-state index contributed by atoms with van der Waals surface area (Å²) in [5.41, 5.74) is 4.31. The quantitative estimate of drug-likeness (QED) is 0.209. The molecule has 0 unspecified atom stereocenters. The fourth-order valence-corrected chi connectivity index (χ4v) is 6.32. The van der Waals surface area contributed by atoms with E-state index in [9.17, 15) is 9.59 Å². The summed E-state index contributed by atoms with van der Waals surface area (Å²) < 4.78 is 5.45. The van der Waals surface area contributed by atoms with Crippen LogP contribution in [0.5, 0.6) is 0 Å². The summed E-state index contributed by atoms with van der Waals surface area (Å²) >= 11 is 0. The summed E-state index contributed by atoms with van der Waals surface area (Å²) in [6.07, 6.45) is 8.91. The predicted molar refractivity (Wildman–Crippen MR) is 185 cm³/mol. The maximum absolute atomic E-state index is 13.4. The fraction of sp³-hybridized carbons (Fsp3) is 0.556. The minimum atomic E-state index is -0.769. The van der Waals surface area contributed by atoms with E-state index in [0.29, 0.717) is 30.4 Å². The molecule has 1 atom stereocenters. The molecule has 0 aromatic carbocycles. The lowest BCUT2D eigenvalue weighted by molar-refractivity contribution is -0.122. The van der Waals surface area contributed by atoms with Crippen LogP contribution in [0, 0.1) is 19.3 Å². The zero-order chi connectivity index (χ0) is 33.4. The van der Waals surface area contributed by atoms with E-state index >= 15 is 0 Å². The zero-order valence-electron chi connectivity index (χ0n) is 28.6. The Balaban J connectivity index is 1.19. The van der Waals surface area contributed by atoms with Crippen molar-refractivity contribution in [3.05, 3.63) is 64.9 Å². The first-order valence-electron chi connectivity index (χ1n) is 17.0. The molecular weight excluding hydrogens is 592 g/mol. The Morgan fingerprint density at radius 1 is 1.06 bits per heavy atom. The van der Waals surface area contributed by atoms with Crippen molar-refractivity contribution in [1.82, 2.24) is 25.3 Å². The largest absolute Gasteiger partial charge is 0.450 e. The van der Waals surface area contributed by atoms with Gasteiger partial charge in [0.25, 0.3) is 0 Å². The Bertz CT molecular complexity index is 1520. The number of anilines is 3. The monoisotopic (exact) mass is 642 g/mol. The first-order valence-corrected chi connectivity index (χ1v) is 17.0. The lowest BCUT2D eigenvalue weighted by atomic mass is 9.88. The molecule has 5 rings (SSSR count). The van der Waals surface area contributed by atoms with Crippen molar-refractivity contribution in [1.29, 1.82) is 0 Å². The van der Waals surface area contributed by atoms with Crippen molar-refractivity contribution in [2.45, 2.75) is 91.5 Å². The molecule has 11 nitrogen and oxygen atoms in total. The van der Waals surface area contributed by atoms with Gasteiger partial charge in [-0.25, -0.2) is 19.7 Å². The molecule has 11 heteroatoms. The Morgan fingerprint density at radius 3 is 2.57 bits per heavy atom. The van der Waals surface area contributed by atoms with Gasteiger partial charge in [-0.15, -0.1) is 0 Å². The maximum atomic E-state index is 13.4. The molecule has 0 aliphatic carbocycles. The topological polar surface area (TPSA) is 134 Å². The second kappa shape index (κ2) is 15.5. The van der Waals surface area contributed by atoms with E-state index in [0.717, 1.165) is 74.5 Å². The lowest BCUT2D eigenvalue weighted by Gasteiger charge is -2.34. The molecule has 3 aromatic heterocycles. The highest BCUT2D eigenvalue weighted by Gasteiger charge is 2.28. The van der Waals surface area contributed by atoms with Gasteiger partial charge < -0.3 is 25.6 Å². The van der Waals surface area contributed by atoms with Crippen molar-refractivity contribution in [3.63, 3.8) is 0 Å². The standard InChI is InChI=1S/C36H50N8O3/c1-24-32(39-23-30(31(45)22-36(3,4)5)43-35(46)47-21-7-8-26-12-17-37-18-13-26)40-25(2)41-34(24)44-19-14-27(15-20-44)29-11-10-28-9-6-16-38-33(28)42-29/h10-13,17-18,27,30H,6-9,14-16,19-23H2,1-5H3,(H,38,42)(H,43,46)(H,39,40,41)/t30-/m0/s1. The third kappa shape index (κ3) is 9.62. The van der Waals surface area contributed by atoms with E-state index in [1.165, 1.54) is 11.3 Å². The minimum absolute atomic E-state index is 0.0598. The molecule has 252 valence electrons. The van der Waals surface area contributed by atoms with Crippen LogP contribution in [0.15, 0.2) is 36.7 Å². The van der Waals surface area contributed by atoms with Gasteiger partial charge in [-0.3, -0.25) is 9.78 Å². The van der Waals surface area contributed by atoms with E-state index in [1.54, 1.807) is 12.4 Å². The molecule has 0 saturated carbocycles. The van der Waals surface area contributed by atoms with E-state index in [2.05, 4.69) is 43.0 Å². The molecule has 2 aliphatic rings. The number of carbonyl (C=O) groups excluding carboxylic acids is 2. The number of carbonyl (C=O) groups is 2. The molecule has 0 bridgehead atoms. The van der Waals surface area contributed by atoms with Gasteiger partial charge in [0.15, 0.2) is 5.78 Å². The van der Waals surface area contributed by atoms with Crippen molar-refractivity contribution < 1.29 is 14.3 Å². The van der Waals surface area contributed by atoms with Crippen molar-refractivity contribution in [3.8, 4) is 0 Å². The number of piperidine rings is 1. The van der Waals surface area contributed by atoms with E-state index in [4.69, 9.17) is 14.7 Å². The summed E-state index contributed by atoms with van der Waals surface area (Å²) in [6.45, 7) is 13.1. The van der Waals surface area contributed by atoms with Crippen LogP contribution in [0.4, 0.5) is 22.2 Å². The van der Waals surface area contributed by atoms with Crippen molar-refractivity contribution in [2.24, 2.45) is 5.41 Å². The number of aromatic nitrogens is 4. The van der Waals surface area contributed by atoms with Gasteiger partial charge in [0.2, 0.25) is 0 Å². The molecule has 5 heterocycles. The first-order chi connectivity index (χ1) is 22.6. The number of aryl methyl sites for hydroxylation is 3. The molecule has 47 heavy (non-hydrogen) atoms. The fourth-order valence-electron chi connectivity index (χ4n) is 6.32. The molecule has 1 fully saturated rings. The number of rotatable bonds is 12. The number of amides is 1. The zero-order valence-corrected chi connectivity index (χ0v) is 28.6. The van der Waals surface area contributed by atoms with E-state index in [-0.39, 0.29) is 24.3 Å². The predicted octanol–water partition coefficient (Wildman–Crippen LogP) is 5.77. The first kappa shape index (κ1) is 34.1. The molecule has 1 saturated heterocycles. The van der Waals surface area contributed by atoms with Crippen LogP contribution in [0.2, 0.25) is 0 Å². The number of hydrogen-bond acceptors (Lipinski definition) is 10. The summed E-state index contributed by atoms with van der Waals surface area (Å²) in [5.74, 6) is 3.62. The van der Waals surface area contributed by atoms with Crippen LogP contribution < -0.4 is 20.9 Å². The van der Waals surface area contributed by atoms with Gasteiger partial charge in [0.1, 0.15) is 29.3 Å². The third-order valence-electron chi connectivity index (χ3n) is 8.81. The normalized spacial score (nSPS) is 15.7. The third-order valence-corrected chi connectivity index (χ3v) is 8.81. The van der Waals surface area contributed by atoms with Crippen molar-refractivity contribution >= 4 is 29.3 Å². The Labute approximate surface area is 278 Å². The number of ketones is 1. The van der Waals surface area contributed by atoms with Gasteiger partial charge >= 0.3 is 6.09 Å². The lowest BCUT2D eigenvalue weighted by Crippen LogP contribution is -2.46. The van der Waals surface area contributed by atoms with Gasteiger partial charge in [-0.2, -0.15) is 0 Å². The second-order valence-electron chi connectivity index (χ2n) is 14.0. The number of Topliss-reactive ketones (excluding diaryl/α,β-unsaturated/α-hetero) is 1. The van der Waals surface area contributed by atoms with Crippen LogP contribution in [0.25, 0.3) is 0 Å². The highest BCUT2D eigenvalue weighted by molar-refractivity contribution is 5.88. The number of nitrogens with zero attached hydrogens (tertiary/aromatic N) is 5. The molecule has 3 aromatic rings. The molecule has 0 radical (unpaired) electrons. The number of nitrogens with one attached hydrogen (secondary N) is 3. The number of fused-ring (bicyclic) bond motifs is 1. The van der Waals surface area contributed by atoms with Gasteiger partial charge in [-0.05, 0) is 87.1 Å². The highest BCUT2D eigenvalue weighted by Crippen LogP contribution is 2.33. The van der Waals surface area contributed by atoms with Crippen molar-refractivity contribution in [2.75, 3.05) is 48.3 Å². The van der Waals surface area contributed by atoms with Gasteiger partial charge in [0.05, 0.1) is 6.61 Å². The Hall–Kier alpha value is -4.28. The molecule has 2 aliphatic heterocycles. The number of ether oxygens (including phenoxy) is 1. The Kier molecular flexibility index (Phi) is 11.3. The summed E-state index contributed by atoms with van der Waals surface area (Å²) in [7, 11) is 0. The Morgan fingerprint density at radius 2 is 1.83 bits per heavy atom. The van der Waals surface area contributed by atoms with E-state index in [1.807, 2.05) is 46.8 Å². The van der Waals surface area contributed by atoms with Crippen LogP contribution in [0.3, 0.4) is 0 Å². The number of pyridine rings is 2. The highest BCUT2D eigenvalue weighted by atomic mass is 16.5. The van der Waals surface area contributed by atoms with Crippen LogP contribution in [-0.4, -0.2) is 70.6 Å². The molecule has 3 N–H and O–H groups in total. The summed E-state index contributed by atoms with van der Waals surface area (Å²) in [4.78, 5) is 47.0. The smallest absolute Gasteiger partial charge is 0.407 e. The summed E-state index contributed by atoms with van der Waals surface area (Å²) in [6, 6.07) is 7.57. The second-order valence-corrected chi connectivity index (χ2v) is 14.0.